The predicted molar refractivity (Wildman–Crippen MR) is 140 cm³/mol. The molecule has 8 heteroatoms. The zero-order valence-electron chi connectivity index (χ0n) is 21.1. The molecule has 5 rings (SSSR count). The first-order valence-electron chi connectivity index (χ1n) is 12.9. The lowest BCUT2D eigenvalue weighted by Gasteiger charge is -2.32. The summed E-state index contributed by atoms with van der Waals surface area (Å²) in [4.78, 5) is 18.5. The number of tetrazole rings is 1. The van der Waals surface area contributed by atoms with Gasteiger partial charge in [-0.25, -0.2) is 4.68 Å². The molecule has 0 saturated heterocycles. The summed E-state index contributed by atoms with van der Waals surface area (Å²) in [7, 11) is 1.63. The highest BCUT2D eigenvalue weighted by atomic mass is 16.5. The van der Waals surface area contributed by atoms with Crippen LogP contribution in [-0.4, -0.2) is 37.2 Å². The van der Waals surface area contributed by atoms with Crippen LogP contribution < -0.4 is 10.3 Å². The van der Waals surface area contributed by atoms with Crippen LogP contribution in [0.2, 0.25) is 0 Å². The Labute approximate surface area is 211 Å². The van der Waals surface area contributed by atoms with Crippen LogP contribution in [0.3, 0.4) is 0 Å². The molecule has 1 fully saturated rings. The van der Waals surface area contributed by atoms with E-state index in [1.807, 2.05) is 30.3 Å². The Balaban J connectivity index is 1.51. The number of fused-ring (bicyclic) bond motifs is 1. The van der Waals surface area contributed by atoms with Crippen LogP contribution in [0, 0.1) is 0 Å². The molecule has 2 aromatic carbocycles. The van der Waals surface area contributed by atoms with Gasteiger partial charge in [-0.15, -0.1) is 5.10 Å². The first-order valence-corrected chi connectivity index (χ1v) is 12.9. The largest absolute Gasteiger partial charge is 0.497 e. The van der Waals surface area contributed by atoms with E-state index in [0.717, 1.165) is 47.3 Å². The molecular formula is C28H34N6O2. The molecule has 1 unspecified atom stereocenters. The molecule has 2 heterocycles. The Hall–Kier alpha value is -3.52. The maximum absolute atomic E-state index is 13.2. The standard InChI is InChI=1S/C28H34N6O2/c1-3-26(27-30-31-32-34(27)23-12-8-5-9-13-23)33(18-20-10-6-4-7-11-20)19-22-16-21-14-15-24(36-2)17-25(21)29-28(22)35/h4,6-7,10-11,14-17,23,26H,3,5,8-9,12-13,18-19H2,1-2H3,(H,29,35). The Bertz CT molecular complexity index is 1340. The summed E-state index contributed by atoms with van der Waals surface area (Å²) >= 11 is 0. The minimum absolute atomic E-state index is 0.0203. The van der Waals surface area contributed by atoms with Gasteiger partial charge >= 0.3 is 0 Å². The van der Waals surface area contributed by atoms with Crippen molar-refractivity contribution in [1.29, 1.82) is 0 Å². The van der Waals surface area contributed by atoms with Crippen LogP contribution in [0.4, 0.5) is 0 Å². The molecule has 8 nitrogen and oxygen atoms in total. The third-order valence-electron chi connectivity index (χ3n) is 7.30. The number of nitrogens with one attached hydrogen (secondary N) is 1. The van der Waals surface area contributed by atoms with Gasteiger partial charge < -0.3 is 9.72 Å². The summed E-state index contributed by atoms with van der Waals surface area (Å²) in [6.07, 6.45) is 6.77. The number of H-pyrrole nitrogens is 1. The number of benzene rings is 2. The summed E-state index contributed by atoms with van der Waals surface area (Å²) in [6, 6.07) is 18.4. The van der Waals surface area contributed by atoms with Gasteiger partial charge in [-0.05, 0) is 58.8 Å². The van der Waals surface area contributed by atoms with E-state index in [4.69, 9.17) is 4.74 Å². The summed E-state index contributed by atoms with van der Waals surface area (Å²) in [5.41, 5.74) is 2.59. The fourth-order valence-corrected chi connectivity index (χ4v) is 5.39. The Kier molecular flexibility index (Phi) is 7.41. The van der Waals surface area contributed by atoms with Gasteiger partial charge in [0.2, 0.25) is 0 Å². The van der Waals surface area contributed by atoms with Crippen molar-refractivity contribution in [1.82, 2.24) is 30.1 Å². The highest BCUT2D eigenvalue weighted by Crippen LogP contribution is 2.32. The van der Waals surface area contributed by atoms with Gasteiger partial charge in [0.05, 0.1) is 24.7 Å². The number of hydrogen-bond acceptors (Lipinski definition) is 6. The summed E-state index contributed by atoms with van der Waals surface area (Å²) < 4.78 is 7.38. The van der Waals surface area contributed by atoms with Crippen molar-refractivity contribution in [2.24, 2.45) is 0 Å². The second kappa shape index (κ2) is 11.0. The van der Waals surface area contributed by atoms with E-state index < -0.39 is 0 Å². The molecule has 1 N–H and O–H groups in total. The molecule has 1 atom stereocenters. The van der Waals surface area contributed by atoms with Crippen molar-refractivity contribution in [3.05, 3.63) is 81.9 Å². The smallest absolute Gasteiger partial charge is 0.252 e. The monoisotopic (exact) mass is 486 g/mol. The number of nitrogens with zero attached hydrogens (tertiary/aromatic N) is 5. The van der Waals surface area contributed by atoms with E-state index in [0.29, 0.717) is 19.1 Å². The first-order chi connectivity index (χ1) is 17.7. The number of methoxy groups -OCH3 is 1. The highest BCUT2D eigenvalue weighted by molar-refractivity contribution is 5.80. The number of aromatic nitrogens is 5. The van der Waals surface area contributed by atoms with Gasteiger partial charge in [0.1, 0.15) is 5.75 Å². The number of aromatic amines is 1. The van der Waals surface area contributed by atoms with Gasteiger partial charge in [-0.1, -0.05) is 56.5 Å². The van der Waals surface area contributed by atoms with Gasteiger partial charge in [-0.2, -0.15) is 0 Å². The summed E-state index contributed by atoms with van der Waals surface area (Å²) in [5.74, 6) is 1.61. The Morgan fingerprint density at radius 1 is 1.08 bits per heavy atom. The number of rotatable bonds is 9. The Morgan fingerprint density at radius 3 is 2.64 bits per heavy atom. The predicted octanol–water partition coefficient (Wildman–Crippen LogP) is 5.18. The normalized spacial score (nSPS) is 15.4. The number of hydrogen-bond donors (Lipinski definition) is 1. The molecule has 36 heavy (non-hydrogen) atoms. The zero-order valence-corrected chi connectivity index (χ0v) is 21.1. The second-order valence-corrected chi connectivity index (χ2v) is 9.66. The van der Waals surface area contributed by atoms with Crippen molar-refractivity contribution in [3.63, 3.8) is 0 Å². The van der Waals surface area contributed by atoms with E-state index in [1.54, 1.807) is 7.11 Å². The highest BCUT2D eigenvalue weighted by Gasteiger charge is 2.29. The topological polar surface area (TPSA) is 88.9 Å². The van der Waals surface area contributed by atoms with Gasteiger partial charge in [0.15, 0.2) is 5.82 Å². The van der Waals surface area contributed by atoms with Crippen LogP contribution >= 0.6 is 0 Å². The van der Waals surface area contributed by atoms with E-state index in [2.05, 4.69) is 61.3 Å². The van der Waals surface area contributed by atoms with Crippen LogP contribution in [0.25, 0.3) is 10.9 Å². The van der Waals surface area contributed by atoms with E-state index in [9.17, 15) is 4.79 Å². The molecule has 1 aliphatic rings. The average molecular weight is 487 g/mol. The lowest BCUT2D eigenvalue weighted by Crippen LogP contribution is -2.33. The van der Waals surface area contributed by atoms with Crippen LogP contribution in [-0.2, 0) is 13.1 Å². The fourth-order valence-electron chi connectivity index (χ4n) is 5.39. The first kappa shape index (κ1) is 24.2. The van der Waals surface area contributed by atoms with Gasteiger partial charge in [0.25, 0.3) is 5.56 Å². The maximum atomic E-state index is 13.2. The van der Waals surface area contributed by atoms with E-state index >= 15 is 0 Å². The van der Waals surface area contributed by atoms with Crippen LogP contribution in [0.5, 0.6) is 5.75 Å². The minimum Gasteiger partial charge on any atom is -0.497 e. The zero-order chi connectivity index (χ0) is 24.9. The van der Waals surface area contributed by atoms with Gasteiger partial charge in [-0.3, -0.25) is 9.69 Å². The Morgan fingerprint density at radius 2 is 1.89 bits per heavy atom. The molecule has 1 saturated carbocycles. The maximum Gasteiger partial charge on any atom is 0.252 e. The molecule has 0 bridgehead atoms. The van der Waals surface area contributed by atoms with Crippen LogP contribution in [0.15, 0.2) is 59.4 Å². The SMILES string of the molecule is CCC(c1nnnn1C1CCCCC1)N(Cc1ccccc1)Cc1cc2ccc(OC)cc2[nH]c1=O. The second-order valence-electron chi connectivity index (χ2n) is 9.66. The third-order valence-corrected chi connectivity index (χ3v) is 7.30. The fraction of sp³-hybridized carbons (Fsp3) is 0.429. The number of ether oxygens (including phenoxy) is 1. The van der Waals surface area contributed by atoms with Gasteiger partial charge in [0, 0.05) is 24.7 Å². The summed E-state index contributed by atoms with van der Waals surface area (Å²) in [6.45, 7) is 3.35. The molecular weight excluding hydrogens is 452 g/mol. The molecule has 1 aliphatic carbocycles. The van der Waals surface area contributed by atoms with Crippen molar-refractivity contribution in [2.75, 3.05) is 7.11 Å². The third kappa shape index (κ3) is 5.18. The molecule has 2 aromatic heterocycles. The molecule has 4 aromatic rings. The molecule has 0 amide bonds. The molecule has 0 spiro atoms. The summed E-state index contributed by atoms with van der Waals surface area (Å²) in [5, 5.41) is 14.0. The minimum atomic E-state index is -0.0875. The quantitative estimate of drug-likeness (QED) is 0.351. The van der Waals surface area contributed by atoms with E-state index in [-0.39, 0.29) is 11.6 Å². The van der Waals surface area contributed by atoms with Crippen molar-refractivity contribution in [2.45, 2.75) is 70.6 Å². The average Bonchev–Trinajstić information content (AvgIpc) is 3.40. The molecule has 0 aliphatic heterocycles. The van der Waals surface area contributed by atoms with Crippen molar-refractivity contribution < 1.29 is 4.74 Å². The number of pyridine rings is 1. The molecule has 0 radical (unpaired) electrons. The van der Waals surface area contributed by atoms with Crippen molar-refractivity contribution in [3.8, 4) is 5.75 Å². The van der Waals surface area contributed by atoms with E-state index in [1.165, 1.54) is 24.8 Å². The van der Waals surface area contributed by atoms with Crippen LogP contribution in [0.1, 0.15) is 74.5 Å². The lowest BCUT2D eigenvalue weighted by atomic mass is 9.95. The molecule has 188 valence electrons. The van der Waals surface area contributed by atoms with Crippen molar-refractivity contribution >= 4 is 10.9 Å². The lowest BCUT2D eigenvalue weighted by molar-refractivity contribution is 0.155.